The molecule has 1 aliphatic heterocycles. The Hall–Kier alpha value is -3.03. The van der Waals surface area contributed by atoms with E-state index in [-0.39, 0.29) is 17.8 Å². The van der Waals surface area contributed by atoms with E-state index >= 15 is 0 Å². The van der Waals surface area contributed by atoms with Gasteiger partial charge in [0.2, 0.25) is 0 Å². The van der Waals surface area contributed by atoms with Crippen LogP contribution < -0.4 is 5.32 Å². The number of aryl methyl sites for hydroxylation is 1. The summed E-state index contributed by atoms with van der Waals surface area (Å²) in [4.78, 5) is 17.0. The average molecular weight is 449 g/mol. The van der Waals surface area contributed by atoms with Gasteiger partial charge in [0.25, 0.3) is 5.91 Å². The summed E-state index contributed by atoms with van der Waals surface area (Å²) in [5.74, 6) is -0.273. The molecule has 5 rings (SSSR count). The van der Waals surface area contributed by atoms with Crippen molar-refractivity contribution in [1.82, 2.24) is 20.0 Å². The van der Waals surface area contributed by atoms with Crippen molar-refractivity contribution in [2.24, 2.45) is 0 Å². The fourth-order valence-corrected chi connectivity index (χ4v) is 5.35. The molecule has 5 nitrogen and oxygen atoms in total. The van der Waals surface area contributed by atoms with Gasteiger partial charge in [-0.15, -0.1) is 11.3 Å². The first-order valence-electron chi connectivity index (χ1n) is 10.8. The first-order valence-corrected chi connectivity index (χ1v) is 11.7. The van der Waals surface area contributed by atoms with Gasteiger partial charge in [0, 0.05) is 31.1 Å². The van der Waals surface area contributed by atoms with Gasteiger partial charge in [-0.1, -0.05) is 42.5 Å². The number of hydrogen-bond donors (Lipinski definition) is 1. The number of nitrogens with zero attached hydrogens (tertiary/aromatic N) is 3. The predicted molar refractivity (Wildman–Crippen MR) is 125 cm³/mol. The van der Waals surface area contributed by atoms with Crippen LogP contribution >= 0.6 is 11.3 Å². The molecule has 32 heavy (non-hydrogen) atoms. The summed E-state index contributed by atoms with van der Waals surface area (Å²) in [5.41, 5.74) is 3.16. The molecule has 1 atom stereocenters. The van der Waals surface area contributed by atoms with E-state index in [0.29, 0.717) is 11.4 Å². The largest absolute Gasteiger partial charge is 0.347 e. The SMILES string of the molecule is Cc1nn(Cc2ccc(F)cc2)c2sc(C(=O)NC3CCN(Cc4ccccc4)C3)cc12. The second-order valence-electron chi connectivity index (χ2n) is 8.38. The summed E-state index contributed by atoms with van der Waals surface area (Å²) >= 11 is 1.46. The predicted octanol–water partition coefficient (Wildman–Crippen LogP) is 4.60. The number of amides is 1. The van der Waals surface area contributed by atoms with Gasteiger partial charge in [-0.05, 0) is 42.7 Å². The van der Waals surface area contributed by atoms with Crippen molar-refractivity contribution in [3.05, 3.63) is 88.2 Å². The van der Waals surface area contributed by atoms with E-state index in [1.807, 2.05) is 23.7 Å². The van der Waals surface area contributed by atoms with Crippen LogP contribution in [0.1, 0.15) is 32.9 Å². The minimum Gasteiger partial charge on any atom is -0.347 e. The van der Waals surface area contributed by atoms with Crippen LogP contribution in [0.2, 0.25) is 0 Å². The number of carbonyl (C=O) groups excluding carboxylic acids is 1. The molecule has 0 radical (unpaired) electrons. The maximum atomic E-state index is 13.2. The molecule has 0 saturated carbocycles. The lowest BCUT2D eigenvalue weighted by atomic mass is 10.2. The lowest BCUT2D eigenvalue weighted by Gasteiger charge is -2.16. The Balaban J connectivity index is 1.25. The van der Waals surface area contributed by atoms with Gasteiger partial charge >= 0.3 is 0 Å². The lowest BCUT2D eigenvalue weighted by Crippen LogP contribution is -2.36. The van der Waals surface area contributed by atoms with Gasteiger partial charge in [0.05, 0.1) is 17.1 Å². The number of carbonyl (C=O) groups is 1. The molecule has 1 unspecified atom stereocenters. The summed E-state index contributed by atoms with van der Waals surface area (Å²) in [6.45, 7) is 5.26. The molecule has 7 heteroatoms. The zero-order valence-corrected chi connectivity index (χ0v) is 18.7. The summed E-state index contributed by atoms with van der Waals surface area (Å²) in [6, 6.07) is 19.0. The Labute approximate surface area is 190 Å². The van der Waals surface area contributed by atoms with Crippen LogP contribution in [0.3, 0.4) is 0 Å². The van der Waals surface area contributed by atoms with Crippen molar-refractivity contribution in [3.63, 3.8) is 0 Å². The molecule has 1 aliphatic rings. The number of halogens is 1. The number of aromatic nitrogens is 2. The van der Waals surface area contributed by atoms with Gasteiger partial charge in [-0.2, -0.15) is 5.10 Å². The Bertz CT molecular complexity index is 1230. The summed E-state index contributed by atoms with van der Waals surface area (Å²) in [5, 5.41) is 8.83. The Kier molecular flexibility index (Phi) is 5.76. The van der Waals surface area contributed by atoms with Crippen molar-refractivity contribution in [2.75, 3.05) is 13.1 Å². The Morgan fingerprint density at radius 3 is 2.66 bits per heavy atom. The normalized spacial score (nSPS) is 16.6. The van der Waals surface area contributed by atoms with Crippen LogP contribution in [0.25, 0.3) is 10.2 Å². The molecule has 1 saturated heterocycles. The van der Waals surface area contributed by atoms with Crippen molar-refractivity contribution < 1.29 is 9.18 Å². The van der Waals surface area contributed by atoms with Gasteiger partial charge in [-0.25, -0.2) is 4.39 Å². The molecule has 0 aliphatic carbocycles. The van der Waals surface area contributed by atoms with Crippen molar-refractivity contribution in [1.29, 1.82) is 0 Å². The van der Waals surface area contributed by atoms with E-state index in [0.717, 1.165) is 47.5 Å². The van der Waals surface area contributed by atoms with E-state index in [2.05, 4.69) is 39.6 Å². The second-order valence-corrected chi connectivity index (χ2v) is 9.41. The summed E-state index contributed by atoms with van der Waals surface area (Å²) < 4.78 is 15.1. The Morgan fingerprint density at radius 2 is 1.88 bits per heavy atom. The van der Waals surface area contributed by atoms with Gasteiger partial charge in [0.15, 0.2) is 0 Å². The fourth-order valence-electron chi connectivity index (χ4n) is 4.29. The number of rotatable bonds is 6. The number of thiophene rings is 1. The molecular formula is C25H25FN4OS. The zero-order chi connectivity index (χ0) is 22.1. The molecule has 4 aromatic rings. The van der Waals surface area contributed by atoms with Crippen molar-refractivity contribution in [2.45, 2.75) is 32.5 Å². The number of benzene rings is 2. The molecule has 164 valence electrons. The molecule has 0 spiro atoms. The van der Waals surface area contributed by atoms with Crippen molar-refractivity contribution in [3.8, 4) is 0 Å². The second kappa shape index (κ2) is 8.84. The van der Waals surface area contributed by atoms with Gasteiger partial charge in [0.1, 0.15) is 10.6 Å². The number of hydrogen-bond acceptors (Lipinski definition) is 4. The molecule has 1 N–H and O–H groups in total. The third-order valence-electron chi connectivity index (χ3n) is 5.93. The number of nitrogens with one attached hydrogen (secondary N) is 1. The highest BCUT2D eigenvalue weighted by molar-refractivity contribution is 7.20. The highest BCUT2D eigenvalue weighted by Gasteiger charge is 2.25. The topological polar surface area (TPSA) is 50.2 Å². The molecule has 2 aromatic heterocycles. The smallest absolute Gasteiger partial charge is 0.261 e. The van der Waals surface area contributed by atoms with E-state index in [1.54, 1.807) is 12.1 Å². The Morgan fingerprint density at radius 1 is 1.12 bits per heavy atom. The lowest BCUT2D eigenvalue weighted by molar-refractivity contribution is 0.0942. The van der Waals surface area contributed by atoms with Crippen LogP contribution in [-0.2, 0) is 13.1 Å². The van der Waals surface area contributed by atoms with E-state index in [1.165, 1.54) is 29.0 Å². The third-order valence-corrected chi connectivity index (χ3v) is 7.08. The summed E-state index contributed by atoms with van der Waals surface area (Å²) in [7, 11) is 0. The average Bonchev–Trinajstić information content (AvgIpc) is 3.49. The molecule has 2 aromatic carbocycles. The monoisotopic (exact) mass is 448 g/mol. The van der Waals surface area contributed by atoms with Crippen LogP contribution in [0.15, 0.2) is 60.7 Å². The summed E-state index contributed by atoms with van der Waals surface area (Å²) in [6.07, 6.45) is 0.959. The van der Waals surface area contributed by atoms with Crippen LogP contribution in [0, 0.1) is 12.7 Å². The highest BCUT2D eigenvalue weighted by atomic mass is 32.1. The van der Waals surface area contributed by atoms with Crippen LogP contribution in [-0.4, -0.2) is 39.7 Å². The quantitative estimate of drug-likeness (QED) is 0.469. The van der Waals surface area contributed by atoms with E-state index < -0.39 is 0 Å². The standard InChI is InChI=1S/C25H25FN4OS/c1-17-22-13-23(32-25(22)30(28-17)15-19-7-9-20(26)10-8-19)24(31)27-21-11-12-29(16-21)14-18-5-3-2-4-6-18/h2-10,13,21H,11-12,14-16H2,1H3,(H,27,31). The maximum Gasteiger partial charge on any atom is 0.261 e. The molecule has 0 bridgehead atoms. The van der Waals surface area contributed by atoms with Crippen LogP contribution in [0.4, 0.5) is 4.39 Å². The van der Waals surface area contributed by atoms with Crippen LogP contribution in [0.5, 0.6) is 0 Å². The highest BCUT2D eigenvalue weighted by Crippen LogP contribution is 2.29. The first kappa shape index (κ1) is 20.8. The molecule has 1 amide bonds. The maximum absolute atomic E-state index is 13.2. The molecule has 1 fully saturated rings. The third kappa shape index (κ3) is 4.45. The minimum absolute atomic E-state index is 0.0227. The zero-order valence-electron chi connectivity index (χ0n) is 17.9. The molecular weight excluding hydrogens is 423 g/mol. The minimum atomic E-state index is -0.250. The van der Waals surface area contributed by atoms with Crippen molar-refractivity contribution >= 4 is 27.5 Å². The van der Waals surface area contributed by atoms with E-state index in [4.69, 9.17) is 0 Å². The fraction of sp³-hybridized carbons (Fsp3) is 0.280. The van der Waals surface area contributed by atoms with Gasteiger partial charge < -0.3 is 5.32 Å². The number of fused-ring (bicyclic) bond motifs is 1. The molecule has 3 heterocycles. The first-order chi connectivity index (χ1) is 15.5. The van der Waals surface area contributed by atoms with E-state index in [9.17, 15) is 9.18 Å². The number of likely N-dealkylation sites (tertiary alicyclic amines) is 1. The van der Waals surface area contributed by atoms with Gasteiger partial charge in [-0.3, -0.25) is 14.4 Å².